The molecule has 7 nitrogen and oxygen atoms in total. The molecular weight excluding hydrogens is 474 g/mol. The normalized spacial score (nSPS) is 14.1. The molecule has 0 saturated carbocycles. The van der Waals surface area contributed by atoms with Crippen LogP contribution in [0.1, 0.15) is 29.8 Å². The SMILES string of the molecule is Cc1ccc(N2CCN(CCCC(=O)NCc3nc4ccccc4c(=O)n3-c3ccccc3)CC2)cc1C. The number of carbonyl (C=O) groups excluding carboxylic acids is 1. The molecule has 2 heterocycles. The van der Waals surface area contributed by atoms with Crippen molar-refractivity contribution in [3.05, 3.63) is 100 Å². The molecule has 0 radical (unpaired) electrons. The number of hydrogen-bond acceptors (Lipinski definition) is 5. The summed E-state index contributed by atoms with van der Waals surface area (Å²) in [6.45, 7) is 9.40. The van der Waals surface area contributed by atoms with Crippen molar-refractivity contribution in [1.82, 2.24) is 19.8 Å². The van der Waals surface area contributed by atoms with Gasteiger partial charge in [-0.2, -0.15) is 0 Å². The summed E-state index contributed by atoms with van der Waals surface area (Å²) in [5, 5.41) is 3.55. The number of nitrogens with one attached hydrogen (secondary N) is 1. The third-order valence-corrected chi connectivity index (χ3v) is 7.41. The maximum absolute atomic E-state index is 13.3. The second kappa shape index (κ2) is 11.6. The smallest absolute Gasteiger partial charge is 0.266 e. The van der Waals surface area contributed by atoms with Gasteiger partial charge in [0, 0.05) is 38.3 Å². The summed E-state index contributed by atoms with van der Waals surface area (Å²) in [5.74, 6) is 0.497. The van der Waals surface area contributed by atoms with Crippen LogP contribution in [0.4, 0.5) is 5.69 Å². The van der Waals surface area contributed by atoms with Crippen LogP contribution in [0, 0.1) is 13.8 Å². The number of fused-ring (bicyclic) bond motifs is 1. The van der Waals surface area contributed by atoms with Crippen molar-refractivity contribution in [2.75, 3.05) is 37.6 Å². The average molecular weight is 510 g/mol. The summed E-state index contributed by atoms with van der Waals surface area (Å²) in [6, 6.07) is 23.5. The highest BCUT2D eigenvalue weighted by atomic mass is 16.1. The standard InChI is InChI=1S/C31H35N5O2/c1-23-14-15-26(21-24(23)2)35-19-17-34(18-20-35)16-8-13-30(37)32-22-29-33-28-12-7-6-11-27(28)31(38)36(29)25-9-4-3-5-10-25/h3-7,9-12,14-15,21H,8,13,16-20,22H2,1-2H3,(H,32,37). The van der Waals surface area contributed by atoms with Gasteiger partial charge in [0.15, 0.2) is 0 Å². The van der Waals surface area contributed by atoms with Gasteiger partial charge in [0.2, 0.25) is 5.91 Å². The number of benzene rings is 3. The van der Waals surface area contributed by atoms with Crippen LogP contribution in [0.25, 0.3) is 16.6 Å². The van der Waals surface area contributed by atoms with Gasteiger partial charge in [0.05, 0.1) is 23.1 Å². The lowest BCUT2D eigenvalue weighted by molar-refractivity contribution is -0.121. The van der Waals surface area contributed by atoms with Gasteiger partial charge < -0.3 is 10.2 Å². The third kappa shape index (κ3) is 5.78. The molecule has 0 bridgehead atoms. The van der Waals surface area contributed by atoms with Gasteiger partial charge in [0.1, 0.15) is 5.82 Å². The van der Waals surface area contributed by atoms with Crippen molar-refractivity contribution in [3.8, 4) is 5.69 Å². The molecule has 0 spiro atoms. The van der Waals surface area contributed by atoms with Crippen LogP contribution >= 0.6 is 0 Å². The lowest BCUT2D eigenvalue weighted by Gasteiger charge is -2.36. The van der Waals surface area contributed by atoms with Crippen molar-refractivity contribution in [3.63, 3.8) is 0 Å². The monoisotopic (exact) mass is 509 g/mol. The van der Waals surface area contributed by atoms with E-state index in [1.165, 1.54) is 16.8 Å². The van der Waals surface area contributed by atoms with E-state index < -0.39 is 0 Å². The number of para-hydroxylation sites is 2. The van der Waals surface area contributed by atoms with E-state index in [0.29, 0.717) is 23.1 Å². The first-order valence-corrected chi connectivity index (χ1v) is 13.4. The fraction of sp³-hybridized carbons (Fsp3) is 0.323. The van der Waals surface area contributed by atoms with Crippen molar-refractivity contribution in [2.24, 2.45) is 0 Å². The summed E-state index contributed by atoms with van der Waals surface area (Å²) in [6.07, 6.45) is 1.24. The molecule has 1 aliphatic rings. The third-order valence-electron chi connectivity index (χ3n) is 7.41. The zero-order chi connectivity index (χ0) is 26.5. The maximum atomic E-state index is 13.3. The Bertz CT molecular complexity index is 1470. The van der Waals surface area contributed by atoms with Gasteiger partial charge >= 0.3 is 0 Å². The Morgan fingerprint density at radius 3 is 2.37 bits per heavy atom. The minimum absolute atomic E-state index is 0.0271. The second-order valence-electron chi connectivity index (χ2n) is 10.00. The fourth-order valence-corrected chi connectivity index (χ4v) is 5.02. The molecule has 1 N–H and O–H groups in total. The Balaban J connectivity index is 1.15. The molecule has 0 unspecified atom stereocenters. The summed E-state index contributed by atoms with van der Waals surface area (Å²) in [4.78, 5) is 35.6. The van der Waals surface area contributed by atoms with Crippen LogP contribution in [-0.4, -0.2) is 53.1 Å². The summed E-state index contributed by atoms with van der Waals surface area (Å²) < 4.78 is 1.59. The highest BCUT2D eigenvalue weighted by Crippen LogP contribution is 2.20. The molecule has 0 atom stereocenters. The molecule has 5 rings (SSSR count). The predicted octanol–water partition coefficient (Wildman–Crippen LogP) is 4.22. The highest BCUT2D eigenvalue weighted by Gasteiger charge is 2.18. The Kier molecular flexibility index (Phi) is 7.84. The minimum Gasteiger partial charge on any atom is -0.369 e. The molecule has 1 amide bonds. The molecule has 1 fully saturated rings. The molecule has 196 valence electrons. The van der Waals surface area contributed by atoms with Crippen molar-refractivity contribution in [1.29, 1.82) is 0 Å². The number of aromatic nitrogens is 2. The van der Waals surface area contributed by atoms with Crippen LogP contribution in [0.2, 0.25) is 0 Å². The average Bonchev–Trinajstić information content (AvgIpc) is 2.94. The number of carbonyl (C=O) groups is 1. The lowest BCUT2D eigenvalue weighted by atomic mass is 10.1. The Morgan fingerprint density at radius 1 is 0.868 bits per heavy atom. The van der Waals surface area contributed by atoms with Gasteiger partial charge in [-0.25, -0.2) is 4.98 Å². The minimum atomic E-state index is -0.133. The Hall–Kier alpha value is -3.97. The van der Waals surface area contributed by atoms with Crippen LogP contribution in [0.5, 0.6) is 0 Å². The maximum Gasteiger partial charge on any atom is 0.266 e. The second-order valence-corrected chi connectivity index (χ2v) is 10.00. The van der Waals surface area contributed by atoms with Crippen LogP contribution in [0.3, 0.4) is 0 Å². The van der Waals surface area contributed by atoms with E-state index in [2.05, 4.69) is 47.2 Å². The molecule has 38 heavy (non-hydrogen) atoms. The number of anilines is 1. The van der Waals surface area contributed by atoms with E-state index >= 15 is 0 Å². The Morgan fingerprint density at radius 2 is 1.61 bits per heavy atom. The Labute approximate surface area is 223 Å². The molecule has 0 aliphatic carbocycles. The molecule has 7 heteroatoms. The van der Waals surface area contributed by atoms with E-state index in [9.17, 15) is 9.59 Å². The van der Waals surface area contributed by atoms with E-state index in [-0.39, 0.29) is 18.0 Å². The van der Waals surface area contributed by atoms with Crippen LogP contribution in [0.15, 0.2) is 77.6 Å². The molecule has 1 saturated heterocycles. The first-order valence-electron chi connectivity index (χ1n) is 13.4. The lowest BCUT2D eigenvalue weighted by Crippen LogP contribution is -2.46. The number of hydrogen-bond donors (Lipinski definition) is 1. The molecule has 3 aromatic carbocycles. The molecule has 1 aliphatic heterocycles. The predicted molar refractivity (Wildman–Crippen MR) is 153 cm³/mol. The topological polar surface area (TPSA) is 70.5 Å². The largest absolute Gasteiger partial charge is 0.369 e. The van der Waals surface area contributed by atoms with Crippen LogP contribution in [-0.2, 0) is 11.3 Å². The number of nitrogens with zero attached hydrogens (tertiary/aromatic N) is 4. The molecule has 1 aromatic heterocycles. The van der Waals surface area contributed by atoms with Gasteiger partial charge in [-0.3, -0.25) is 19.1 Å². The zero-order valence-electron chi connectivity index (χ0n) is 22.2. The summed E-state index contributed by atoms with van der Waals surface area (Å²) in [5.41, 5.74) is 5.18. The van der Waals surface area contributed by atoms with Crippen molar-refractivity contribution >= 4 is 22.5 Å². The van der Waals surface area contributed by atoms with E-state index in [0.717, 1.165) is 44.8 Å². The van der Waals surface area contributed by atoms with Crippen molar-refractivity contribution in [2.45, 2.75) is 33.2 Å². The summed E-state index contributed by atoms with van der Waals surface area (Å²) >= 11 is 0. The van der Waals surface area contributed by atoms with E-state index in [4.69, 9.17) is 4.98 Å². The van der Waals surface area contributed by atoms with Crippen molar-refractivity contribution < 1.29 is 4.79 Å². The quantitative estimate of drug-likeness (QED) is 0.385. The van der Waals surface area contributed by atoms with E-state index in [1.54, 1.807) is 10.6 Å². The number of rotatable bonds is 8. The van der Waals surface area contributed by atoms with Gasteiger partial charge in [-0.15, -0.1) is 0 Å². The van der Waals surface area contributed by atoms with Crippen LogP contribution < -0.4 is 15.8 Å². The highest BCUT2D eigenvalue weighted by molar-refractivity contribution is 5.78. The summed E-state index contributed by atoms with van der Waals surface area (Å²) in [7, 11) is 0. The van der Waals surface area contributed by atoms with Gasteiger partial charge in [0.25, 0.3) is 5.56 Å². The number of piperazine rings is 1. The first-order chi connectivity index (χ1) is 18.5. The van der Waals surface area contributed by atoms with E-state index in [1.807, 2.05) is 48.5 Å². The fourth-order valence-electron chi connectivity index (χ4n) is 5.02. The molecular formula is C31H35N5O2. The van der Waals surface area contributed by atoms with Gasteiger partial charge in [-0.1, -0.05) is 36.4 Å². The first kappa shape index (κ1) is 25.7. The number of amides is 1. The van der Waals surface area contributed by atoms with Gasteiger partial charge in [-0.05, 0) is 74.3 Å². The zero-order valence-corrected chi connectivity index (χ0v) is 22.2. The number of aryl methyl sites for hydroxylation is 2. The molecule has 4 aromatic rings.